The minimum absolute atomic E-state index is 0.0876. The van der Waals surface area contributed by atoms with Crippen molar-refractivity contribution in [3.8, 4) is 11.8 Å². The maximum Gasteiger partial charge on any atom is 0.266 e. The lowest BCUT2D eigenvalue weighted by atomic mass is 10.1. The number of amides is 1. The fourth-order valence-corrected chi connectivity index (χ4v) is 3.13. The van der Waals surface area contributed by atoms with E-state index in [0.717, 1.165) is 5.56 Å². The van der Waals surface area contributed by atoms with Crippen LogP contribution in [-0.2, 0) is 11.4 Å². The van der Waals surface area contributed by atoms with Crippen LogP contribution in [0, 0.1) is 24.1 Å². The highest BCUT2D eigenvalue weighted by Crippen LogP contribution is 2.28. The van der Waals surface area contributed by atoms with Crippen molar-refractivity contribution in [1.29, 1.82) is 5.26 Å². The Kier molecular flexibility index (Phi) is 7.30. The van der Waals surface area contributed by atoms with Crippen molar-refractivity contribution in [3.63, 3.8) is 0 Å². The summed E-state index contributed by atoms with van der Waals surface area (Å²) in [6, 6.07) is 17.9. The summed E-state index contributed by atoms with van der Waals surface area (Å²) in [7, 11) is 0. The highest BCUT2D eigenvalue weighted by molar-refractivity contribution is 6.32. The summed E-state index contributed by atoms with van der Waals surface area (Å²) in [5, 5.41) is 13.0. The van der Waals surface area contributed by atoms with E-state index in [2.05, 4.69) is 5.32 Å². The van der Waals surface area contributed by atoms with E-state index in [-0.39, 0.29) is 18.0 Å². The number of hydrogen-bond acceptors (Lipinski definition) is 3. The van der Waals surface area contributed by atoms with E-state index in [1.54, 1.807) is 55.5 Å². The first-order chi connectivity index (χ1) is 14.9. The Balaban J connectivity index is 1.72. The van der Waals surface area contributed by atoms with Crippen molar-refractivity contribution < 1.29 is 13.9 Å². The van der Waals surface area contributed by atoms with Crippen LogP contribution in [0.3, 0.4) is 0 Å². The summed E-state index contributed by atoms with van der Waals surface area (Å²) < 4.78 is 18.7. The molecule has 31 heavy (non-hydrogen) atoms. The van der Waals surface area contributed by atoms with Gasteiger partial charge in [0.1, 0.15) is 29.8 Å². The number of carbonyl (C=O) groups is 1. The quantitative estimate of drug-likeness (QED) is 0.338. The molecule has 3 aromatic rings. The van der Waals surface area contributed by atoms with Gasteiger partial charge in [-0.1, -0.05) is 47.5 Å². The van der Waals surface area contributed by atoms with Gasteiger partial charge in [0.05, 0.1) is 5.02 Å². The molecule has 3 aromatic carbocycles. The van der Waals surface area contributed by atoms with Gasteiger partial charge in [0.15, 0.2) is 0 Å². The average Bonchev–Trinajstić information content (AvgIpc) is 2.75. The number of rotatable bonds is 6. The maximum atomic E-state index is 13.0. The molecule has 0 aliphatic heterocycles. The Bertz CT molecular complexity index is 1190. The van der Waals surface area contributed by atoms with Gasteiger partial charge in [-0.15, -0.1) is 0 Å². The summed E-state index contributed by atoms with van der Waals surface area (Å²) in [5.41, 5.74) is 2.51. The largest absolute Gasteiger partial charge is 0.487 e. The van der Waals surface area contributed by atoms with E-state index >= 15 is 0 Å². The van der Waals surface area contributed by atoms with Crippen LogP contribution >= 0.6 is 23.2 Å². The van der Waals surface area contributed by atoms with E-state index < -0.39 is 5.91 Å². The van der Waals surface area contributed by atoms with Crippen molar-refractivity contribution in [3.05, 3.63) is 98.8 Å². The Morgan fingerprint density at radius 1 is 1.13 bits per heavy atom. The molecule has 0 aliphatic rings. The molecule has 0 unspecified atom stereocenters. The maximum absolute atomic E-state index is 13.0. The highest BCUT2D eigenvalue weighted by Gasteiger charge is 2.12. The zero-order chi connectivity index (χ0) is 22.4. The van der Waals surface area contributed by atoms with E-state index in [1.807, 2.05) is 6.07 Å². The fraction of sp³-hybridized carbons (Fsp3) is 0.0833. The first-order valence-electron chi connectivity index (χ1n) is 9.22. The third-order valence-electron chi connectivity index (χ3n) is 4.46. The molecule has 156 valence electrons. The molecular weight excluding hydrogens is 438 g/mol. The third kappa shape index (κ3) is 5.85. The molecule has 4 nitrogen and oxygen atoms in total. The number of nitriles is 1. The zero-order valence-electron chi connectivity index (χ0n) is 16.5. The van der Waals surface area contributed by atoms with Crippen molar-refractivity contribution in [2.24, 2.45) is 0 Å². The molecule has 0 heterocycles. The van der Waals surface area contributed by atoms with Crippen LogP contribution in [0.1, 0.15) is 16.7 Å². The molecule has 0 spiro atoms. The van der Waals surface area contributed by atoms with Gasteiger partial charge in [0.2, 0.25) is 0 Å². The zero-order valence-corrected chi connectivity index (χ0v) is 18.0. The molecular formula is C24H17Cl2FN2O2. The third-order valence-corrected chi connectivity index (χ3v) is 5.16. The first kappa shape index (κ1) is 22.4. The Morgan fingerprint density at radius 3 is 2.55 bits per heavy atom. The number of nitrogens with one attached hydrogen (secondary N) is 1. The fourth-order valence-electron chi connectivity index (χ4n) is 2.71. The molecule has 3 rings (SSSR count). The van der Waals surface area contributed by atoms with Crippen molar-refractivity contribution in [2.45, 2.75) is 13.5 Å². The first-order valence-corrected chi connectivity index (χ1v) is 9.98. The van der Waals surface area contributed by atoms with Crippen LogP contribution in [-0.4, -0.2) is 5.91 Å². The van der Waals surface area contributed by atoms with Gasteiger partial charge in [-0.05, 0) is 66.1 Å². The van der Waals surface area contributed by atoms with Crippen molar-refractivity contribution in [2.75, 3.05) is 5.32 Å². The van der Waals surface area contributed by atoms with E-state index in [1.165, 1.54) is 18.2 Å². The van der Waals surface area contributed by atoms with Crippen LogP contribution < -0.4 is 10.1 Å². The van der Waals surface area contributed by atoms with Crippen LogP contribution in [0.4, 0.5) is 10.1 Å². The van der Waals surface area contributed by atoms with Gasteiger partial charge in [0, 0.05) is 10.7 Å². The number of halogens is 3. The Hall–Kier alpha value is -3.33. The summed E-state index contributed by atoms with van der Waals surface area (Å²) >= 11 is 12.4. The molecule has 0 atom stereocenters. The number of nitrogens with zero attached hydrogens (tertiary/aromatic N) is 1. The topological polar surface area (TPSA) is 62.1 Å². The van der Waals surface area contributed by atoms with Gasteiger partial charge in [-0.2, -0.15) is 5.26 Å². The second-order valence-corrected chi connectivity index (χ2v) is 7.46. The smallest absolute Gasteiger partial charge is 0.266 e. The number of hydrogen-bond donors (Lipinski definition) is 1. The minimum Gasteiger partial charge on any atom is -0.487 e. The number of ether oxygens (including phenoxy) is 1. The van der Waals surface area contributed by atoms with Crippen LogP contribution in [0.25, 0.3) is 6.08 Å². The monoisotopic (exact) mass is 454 g/mol. The lowest BCUT2D eigenvalue weighted by Gasteiger charge is -2.10. The van der Waals surface area contributed by atoms with E-state index in [4.69, 9.17) is 27.9 Å². The molecule has 1 amide bonds. The summed E-state index contributed by atoms with van der Waals surface area (Å²) in [4.78, 5) is 12.5. The molecule has 0 fully saturated rings. The van der Waals surface area contributed by atoms with Crippen LogP contribution in [0.2, 0.25) is 10.0 Å². The second-order valence-electron chi connectivity index (χ2n) is 6.64. The number of anilines is 1. The SMILES string of the molecule is Cc1c(Cl)cccc1NC(=O)/C(C#N)=C/c1ccc(OCc2ccc(F)cc2)c(Cl)c1. The number of benzene rings is 3. The van der Waals surface area contributed by atoms with E-state index in [0.29, 0.717) is 32.6 Å². The predicted molar refractivity (Wildman–Crippen MR) is 121 cm³/mol. The van der Waals surface area contributed by atoms with Gasteiger partial charge in [-0.3, -0.25) is 4.79 Å². The lowest BCUT2D eigenvalue weighted by Crippen LogP contribution is -2.14. The Morgan fingerprint density at radius 2 is 1.87 bits per heavy atom. The molecule has 0 bridgehead atoms. The normalized spacial score (nSPS) is 11.0. The second kappa shape index (κ2) is 10.1. The van der Waals surface area contributed by atoms with Crippen LogP contribution in [0.15, 0.2) is 66.2 Å². The van der Waals surface area contributed by atoms with Gasteiger partial charge >= 0.3 is 0 Å². The molecule has 1 N–H and O–H groups in total. The highest BCUT2D eigenvalue weighted by atomic mass is 35.5. The molecule has 7 heteroatoms. The summed E-state index contributed by atoms with van der Waals surface area (Å²) in [6.07, 6.45) is 1.44. The summed E-state index contributed by atoms with van der Waals surface area (Å²) in [5.74, 6) is -0.443. The van der Waals surface area contributed by atoms with E-state index in [9.17, 15) is 14.4 Å². The minimum atomic E-state index is -0.555. The van der Waals surface area contributed by atoms with Gasteiger partial charge < -0.3 is 10.1 Å². The molecule has 0 aliphatic carbocycles. The standard InChI is InChI=1S/C24H17Cl2FN2O2/c1-15-20(25)3-2-4-22(15)29-24(30)18(13-28)11-17-7-10-23(21(26)12-17)31-14-16-5-8-19(27)9-6-16/h2-12H,14H2,1H3,(H,29,30)/b18-11+. The molecule has 0 saturated heterocycles. The molecule has 0 saturated carbocycles. The van der Waals surface area contributed by atoms with Crippen molar-refractivity contribution in [1.82, 2.24) is 0 Å². The predicted octanol–water partition coefficient (Wildman–Crippen LogP) is 6.57. The lowest BCUT2D eigenvalue weighted by molar-refractivity contribution is -0.112. The van der Waals surface area contributed by atoms with Gasteiger partial charge in [-0.25, -0.2) is 4.39 Å². The molecule has 0 radical (unpaired) electrons. The van der Waals surface area contributed by atoms with Crippen molar-refractivity contribution >= 4 is 40.9 Å². The average molecular weight is 455 g/mol. The Labute approximate surface area is 189 Å². The van der Waals surface area contributed by atoms with Crippen LogP contribution in [0.5, 0.6) is 5.75 Å². The number of carbonyl (C=O) groups excluding carboxylic acids is 1. The molecule has 0 aromatic heterocycles. The van der Waals surface area contributed by atoms with Gasteiger partial charge in [0.25, 0.3) is 5.91 Å². The summed E-state index contributed by atoms with van der Waals surface area (Å²) in [6.45, 7) is 2.00.